The lowest BCUT2D eigenvalue weighted by Crippen LogP contribution is -2.51. The van der Waals surface area contributed by atoms with Gasteiger partial charge in [0, 0.05) is 12.3 Å². The van der Waals surface area contributed by atoms with Crippen LogP contribution in [0.2, 0.25) is 5.02 Å². The fraction of sp³-hybridized carbons (Fsp3) is 0.412. The Kier molecular flexibility index (Phi) is 6.70. The van der Waals surface area contributed by atoms with Gasteiger partial charge in [0.05, 0.1) is 24.8 Å². The number of aromatic hydroxyl groups is 1. The number of urea groups is 1. The molecule has 1 aliphatic rings. The van der Waals surface area contributed by atoms with Gasteiger partial charge < -0.3 is 30.0 Å². The molecule has 3 N–H and O–H groups in total. The molecule has 1 aliphatic heterocycles. The molecule has 1 aromatic rings. The molecule has 0 saturated carbocycles. The Labute approximate surface area is 156 Å². The minimum atomic E-state index is -0.889. The van der Waals surface area contributed by atoms with Gasteiger partial charge >= 0.3 is 12.0 Å². The third-order valence-corrected chi connectivity index (χ3v) is 4.12. The molecule has 0 unspecified atom stereocenters. The zero-order valence-corrected chi connectivity index (χ0v) is 15.3. The van der Waals surface area contributed by atoms with Gasteiger partial charge in [-0.2, -0.15) is 0 Å². The molecule has 1 aromatic carbocycles. The van der Waals surface area contributed by atoms with Gasteiger partial charge in [-0.25, -0.2) is 4.79 Å². The van der Waals surface area contributed by atoms with Crippen LogP contribution in [0.25, 0.3) is 0 Å². The van der Waals surface area contributed by atoms with Crippen molar-refractivity contribution in [3.05, 3.63) is 35.0 Å². The number of halogens is 1. The summed E-state index contributed by atoms with van der Waals surface area (Å²) in [5, 5.41) is 15.0. The Morgan fingerprint density at radius 1 is 1.38 bits per heavy atom. The number of amides is 2. The van der Waals surface area contributed by atoms with E-state index in [1.54, 1.807) is 0 Å². The molecular weight excluding hydrogens is 364 g/mol. The zero-order chi connectivity index (χ0) is 19.3. The fourth-order valence-electron chi connectivity index (χ4n) is 2.60. The number of phenolic OH excluding ortho intramolecular Hbond substituents is 1. The molecule has 9 heteroatoms. The number of ether oxygens (including phenoxy) is 3. The molecule has 0 radical (unpaired) electrons. The van der Waals surface area contributed by atoms with Gasteiger partial charge in [-0.15, -0.1) is 0 Å². The highest BCUT2D eigenvalue weighted by Crippen LogP contribution is 2.39. The lowest BCUT2D eigenvalue weighted by atomic mass is 9.89. The first-order valence-corrected chi connectivity index (χ1v) is 8.33. The first-order valence-electron chi connectivity index (χ1n) is 7.96. The molecule has 2 amide bonds. The maximum atomic E-state index is 12.5. The number of nitrogens with one attached hydrogen (secondary N) is 2. The SMILES string of the molecule is C=C1NC(=O)N[C@H](c2cc(Cl)c(O)c(OC)c2)[C@H]1C(=O)OCCOCC. The van der Waals surface area contributed by atoms with Crippen molar-refractivity contribution in [3.8, 4) is 11.5 Å². The van der Waals surface area contributed by atoms with Crippen LogP contribution in [0.4, 0.5) is 4.79 Å². The summed E-state index contributed by atoms with van der Waals surface area (Å²) in [4.78, 5) is 24.4. The van der Waals surface area contributed by atoms with Crippen molar-refractivity contribution in [2.24, 2.45) is 5.92 Å². The summed E-state index contributed by atoms with van der Waals surface area (Å²) < 4.78 is 15.4. The number of phenols is 1. The quantitative estimate of drug-likeness (QED) is 0.491. The summed E-state index contributed by atoms with van der Waals surface area (Å²) in [6.45, 7) is 6.45. The zero-order valence-electron chi connectivity index (χ0n) is 14.5. The lowest BCUT2D eigenvalue weighted by molar-refractivity contribution is -0.150. The van der Waals surface area contributed by atoms with E-state index in [1.165, 1.54) is 19.2 Å². The van der Waals surface area contributed by atoms with Crippen LogP contribution < -0.4 is 15.4 Å². The van der Waals surface area contributed by atoms with E-state index >= 15 is 0 Å². The van der Waals surface area contributed by atoms with Crippen molar-refractivity contribution in [3.63, 3.8) is 0 Å². The van der Waals surface area contributed by atoms with Crippen LogP contribution in [0.3, 0.4) is 0 Å². The molecule has 1 saturated heterocycles. The van der Waals surface area contributed by atoms with Crippen molar-refractivity contribution < 1.29 is 28.9 Å². The fourth-order valence-corrected chi connectivity index (χ4v) is 2.82. The molecule has 1 heterocycles. The summed E-state index contributed by atoms with van der Waals surface area (Å²) in [5.41, 5.74) is 0.663. The highest BCUT2D eigenvalue weighted by molar-refractivity contribution is 6.32. The molecule has 0 spiro atoms. The van der Waals surface area contributed by atoms with Crippen molar-refractivity contribution in [1.82, 2.24) is 10.6 Å². The Morgan fingerprint density at radius 3 is 2.77 bits per heavy atom. The molecule has 0 aliphatic carbocycles. The number of carbonyl (C=O) groups excluding carboxylic acids is 2. The molecule has 0 bridgehead atoms. The molecule has 142 valence electrons. The van der Waals surface area contributed by atoms with E-state index in [0.29, 0.717) is 12.2 Å². The van der Waals surface area contributed by atoms with Gasteiger partial charge in [0.25, 0.3) is 0 Å². The smallest absolute Gasteiger partial charge is 0.319 e. The first kappa shape index (κ1) is 19.9. The lowest BCUT2D eigenvalue weighted by Gasteiger charge is -2.33. The van der Waals surface area contributed by atoms with Gasteiger partial charge in [-0.3, -0.25) is 4.79 Å². The van der Waals surface area contributed by atoms with Gasteiger partial charge in [0.2, 0.25) is 0 Å². The number of hydrogen-bond donors (Lipinski definition) is 3. The summed E-state index contributed by atoms with van der Waals surface area (Å²) in [6, 6.07) is 1.64. The molecule has 26 heavy (non-hydrogen) atoms. The second-order valence-corrected chi connectivity index (χ2v) is 5.90. The van der Waals surface area contributed by atoms with Crippen LogP contribution in [0.15, 0.2) is 24.4 Å². The first-order chi connectivity index (χ1) is 12.4. The molecule has 2 atom stereocenters. The van der Waals surface area contributed by atoms with Crippen LogP contribution in [-0.4, -0.2) is 44.0 Å². The third kappa shape index (κ3) is 4.39. The number of rotatable bonds is 7. The summed E-state index contributed by atoms with van der Waals surface area (Å²) in [7, 11) is 1.37. The van der Waals surface area contributed by atoms with E-state index in [4.69, 9.17) is 25.8 Å². The molecule has 8 nitrogen and oxygen atoms in total. The number of esters is 1. The average molecular weight is 385 g/mol. The van der Waals surface area contributed by atoms with Crippen LogP contribution in [0.1, 0.15) is 18.5 Å². The monoisotopic (exact) mass is 384 g/mol. The van der Waals surface area contributed by atoms with Crippen LogP contribution >= 0.6 is 11.6 Å². The third-order valence-electron chi connectivity index (χ3n) is 3.83. The van der Waals surface area contributed by atoms with Crippen molar-refractivity contribution in [2.75, 3.05) is 26.9 Å². The van der Waals surface area contributed by atoms with Crippen LogP contribution in [0.5, 0.6) is 11.5 Å². The predicted molar refractivity (Wildman–Crippen MR) is 94.2 cm³/mol. The maximum Gasteiger partial charge on any atom is 0.319 e. The van der Waals surface area contributed by atoms with Crippen LogP contribution in [0, 0.1) is 5.92 Å². The average Bonchev–Trinajstić information content (AvgIpc) is 2.60. The second-order valence-electron chi connectivity index (χ2n) is 5.50. The standard InChI is InChI=1S/C17H21ClN2O6/c1-4-25-5-6-26-16(22)13-9(2)19-17(23)20-14(13)10-7-11(18)15(21)12(8-10)24-3/h7-8,13-14,21H,2,4-6H2,1,3H3,(H2,19,20,23)/t13-,14+/m0/s1. The number of benzene rings is 1. The van der Waals surface area contributed by atoms with Gasteiger partial charge in [-0.1, -0.05) is 18.2 Å². The van der Waals surface area contributed by atoms with Crippen molar-refractivity contribution >= 4 is 23.6 Å². The number of carbonyl (C=O) groups is 2. The minimum Gasteiger partial charge on any atom is -0.503 e. The Balaban J connectivity index is 2.30. The Bertz CT molecular complexity index is 709. The van der Waals surface area contributed by atoms with Crippen molar-refractivity contribution in [1.29, 1.82) is 0 Å². The van der Waals surface area contributed by atoms with E-state index in [1.807, 2.05) is 6.92 Å². The van der Waals surface area contributed by atoms with Gasteiger partial charge in [-0.05, 0) is 24.6 Å². The van der Waals surface area contributed by atoms with E-state index < -0.39 is 24.0 Å². The highest BCUT2D eigenvalue weighted by atomic mass is 35.5. The summed E-state index contributed by atoms with van der Waals surface area (Å²) >= 11 is 6.02. The molecular formula is C17H21ClN2O6. The minimum absolute atomic E-state index is 0.0289. The van der Waals surface area contributed by atoms with Crippen molar-refractivity contribution in [2.45, 2.75) is 13.0 Å². The topological polar surface area (TPSA) is 106 Å². The van der Waals surface area contributed by atoms with E-state index in [2.05, 4.69) is 17.2 Å². The molecule has 1 fully saturated rings. The van der Waals surface area contributed by atoms with E-state index in [0.717, 1.165) is 0 Å². The Hall–Kier alpha value is -2.45. The molecule has 2 rings (SSSR count). The normalized spacial score (nSPS) is 19.5. The largest absolute Gasteiger partial charge is 0.503 e. The van der Waals surface area contributed by atoms with E-state index in [-0.39, 0.29) is 35.4 Å². The van der Waals surface area contributed by atoms with E-state index in [9.17, 15) is 14.7 Å². The van der Waals surface area contributed by atoms with Gasteiger partial charge in [0.1, 0.15) is 12.5 Å². The maximum absolute atomic E-state index is 12.5. The van der Waals surface area contributed by atoms with Gasteiger partial charge in [0.15, 0.2) is 11.5 Å². The predicted octanol–water partition coefficient (Wildman–Crippen LogP) is 2.12. The number of hydrogen-bond acceptors (Lipinski definition) is 6. The Morgan fingerprint density at radius 2 is 2.12 bits per heavy atom. The molecule has 0 aromatic heterocycles. The number of methoxy groups -OCH3 is 1. The summed E-state index contributed by atoms with van der Waals surface area (Å²) in [6.07, 6.45) is 0. The highest BCUT2D eigenvalue weighted by Gasteiger charge is 2.39. The summed E-state index contributed by atoms with van der Waals surface area (Å²) in [5.74, 6) is -1.57. The second kappa shape index (κ2) is 8.77. The van der Waals surface area contributed by atoms with Crippen LogP contribution in [-0.2, 0) is 14.3 Å².